The second-order valence-electron chi connectivity index (χ2n) is 5.52. The summed E-state index contributed by atoms with van der Waals surface area (Å²) >= 11 is 0. The summed E-state index contributed by atoms with van der Waals surface area (Å²) in [7, 11) is 0. The zero-order valence-corrected chi connectivity index (χ0v) is 14.0. The number of hydrogen-bond donors (Lipinski definition) is 2. The van der Waals surface area contributed by atoms with Crippen LogP contribution in [0.2, 0.25) is 0 Å². The average molecular weight is 322 g/mol. The molecule has 6 heteroatoms. The zero-order chi connectivity index (χ0) is 16.8. The highest BCUT2D eigenvalue weighted by molar-refractivity contribution is 5.80. The van der Waals surface area contributed by atoms with Gasteiger partial charge >= 0.3 is 0 Å². The Bertz CT molecular complexity index is 809. The largest absolute Gasteiger partial charge is 0.357 e. The Morgan fingerprint density at radius 1 is 1.12 bits per heavy atom. The number of pyridine rings is 1. The smallest absolute Gasteiger partial charge is 0.192 e. The van der Waals surface area contributed by atoms with Crippen molar-refractivity contribution < 1.29 is 0 Å². The molecule has 6 nitrogen and oxygen atoms in total. The molecule has 0 bridgehead atoms. The molecule has 0 amide bonds. The van der Waals surface area contributed by atoms with Crippen LogP contribution in [0.4, 0.5) is 0 Å². The average Bonchev–Trinajstić information content (AvgIpc) is 3.04. The van der Waals surface area contributed by atoms with E-state index in [-0.39, 0.29) is 6.04 Å². The molecule has 0 aliphatic heterocycles. The van der Waals surface area contributed by atoms with E-state index in [1.807, 2.05) is 47.0 Å². The maximum absolute atomic E-state index is 4.64. The normalized spacial score (nSPS) is 13.0. The lowest BCUT2D eigenvalue weighted by Gasteiger charge is -2.18. The first-order valence-corrected chi connectivity index (χ1v) is 8.16. The highest BCUT2D eigenvalue weighted by Gasteiger charge is 2.08. The Kier molecular flexibility index (Phi) is 5.05. The number of aliphatic imine (C=N–C) groups is 1. The van der Waals surface area contributed by atoms with Crippen LogP contribution in [0.5, 0.6) is 0 Å². The summed E-state index contributed by atoms with van der Waals surface area (Å²) in [6.45, 7) is 5.43. The van der Waals surface area contributed by atoms with Crippen LogP contribution >= 0.6 is 0 Å². The van der Waals surface area contributed by atoms with Crippen LogP contribution < -0.4 is 10.6 Å². The van der Waals surface area contributed by atoms with E-state index in [0.717, 1.165) is 24.0 Å². The standard InChI is InChI=1S/C18H22N6/c1-3-19-18(21-14(2)15-9-5-4-6-10-15)20-13-17-23-22-16-11-7-8-12-24(16)17/h4-12,14H,3,13H2,1-2H3,(H2,19,20,21). The van der Waals surface area contributed by atoms with Gasteiger partial charge in [-0.3, -0.25) is 4.40 Å². The fraction of sp³-hybridized carbons (Fsp3) is 0.278. The van der Waals surface area contributed by atoms with Gasteiger partial charge in [-0.15, -0.1) is 10.2 Å². The lowest BCUT2D eigenvalue weighted by molar-refractivity contribution is 0.684. The van der Waals surface area contributed by atoms with Crippen molar-refractivity contribution >= 4 is 11.6 Å². The highest BCUT2D eigenvalue weighted by atomic mass is 15.3. The lowest BCUT2D eigenvalue weighted by Crippen LogP contribution is -2.38. The Labute approximate surface area is 141 Å². The van der Waals surface area contributed by atoms with Crippen LogP contribution in [0.3, 0.4) is 0 Å². The molecule has 124 valence electrons. The third-order valence-corrected chi connectivity index (χ3v) is 3.76. The second-order valence-corrected chi connectivity index (χ2v) is 5.52. The van der Waals surface area contributed by atoms with Gasteiger partial charge in [-0.05, 0) is 31.5 Å². The summed E-state index contributed by atoms with van der Waals surface area (Å²) in [5, 5.41) is 15.1. The number of nitrogens with one attached hydrogen (secondary N) is 2. The quantitative estimate of drug-likeness (QED) is 0.559. The van der Waals surface area contributed by atoms with Gasteiger partial charge in [0.25, 0.3) is 0 Å². The predicted molar refractivity (Wildman–Crippen MR) is 95.8 cm³/mol. The van der Waals surface area contributed by atoms with Crippen molar-refractivity contribution in [1.82, 2.24) is 25.2 Å². The van der Waals surface area contributed by atoms with E-state index in [1.54, 1.807) is 0 Å². The molecule has 3 aromatic rings. The van der Waals surface area contributed by atoms with E-state index in [4.69, 9.17) is 0 Å². The first-order chi connectivity index (χ1) is 11.8. The molecular formula is C18H22N6. The molecule has 0 spiro atoms. The number of hydrogen-bond acceptors (Lipinski definition) is 3. The molecule has 1 aromatic carbocycles. The van der Waals surface area contributed by atoms with Crippen molar-refractivity contribution in [2.24, 2.45) is 4.99 Å². The van der Waals surface area contributed by atoms with Crippen LogP contribution in [0.15, 0.2) is 59.7 Å². The summed E-state index contributed by atoms with van der Waals surface area (Å²) in [4.78, 5) is 4.64. The van der Waals surface area contributed by atoms with Crippen molar-refractivity contribution in [3.8, 4) is 0 Å². The van der Waals surface area contributed by atoms with E-state index >= 15 is 0 Å². The van der Waals surface area contributed by atoms with Gasteiger partial charge in [-0.25, -0.2) is 4.99 Å². The fourth-order valence-electron chi connectivity index (χ4n) is 2.50. The third kappa shape index (κ3) is 3.71. The molecule has 2 aromatic heterocycles. The van der Waals surface area contributed by atoms with Crippen LogP contribution in [0.1, 0.15) is 31.3 Å². The summed E-state index contributed by atoms with van der Waals surface area (Å²) in [5.41, 5.74) is 2.05. The molecule has 0 aliphatic rings. The van der Waals surface area contributed by atoms with Gasteiger partial charge < -0.3 is 10.6 Å². The molecule has 0 aliphatic carbocycles. The first-order valence-electron chi connectivity index (χ1n) is 8.16. The monoisotopic (exact) mass is 322 g/mol. The molecule has 0 saturated heterocycles. The summed E-state index contributed by atoms with van der Waals surface area (Å²) in [6.07, 6.45) is 1.95. The molecular weight excluding hydrogens is 300 g/mol. The van der Waals surface area contributed by atoms with Gasteiger partial charge in [0.2, 0.25) is 0 Å². The van der Waals surface area contributed by atoms with Crippen molar-refractivity contribution in [1.29, 1.82) is 0 Å². The van der Waals surface area contributed by atoms with Crippen LogP contribution in [-0.2, 0) is 6.54 Å². The molecule has 0 radical (unpaired) electrons. The third-order valence-electron chi connectivity index (χ3n) is 3.76. The summed E-state index contributed by atoms with van der Waals surface area (Å²) < 4.78 is 1.95. The maximum atomic E-state index is 4.64. The number of guanidine groups is 1. The van der Waals surface area contributed by atoms with Crippen molar-refractivity contribution in [2.75, 3.05) is 6.54 Å². The topological polar surface area (TPSA) is 66.6 Å². The summed E-state index contributed by atoms with van der Waals surface area (Å²) in [5.74, 6) is 1.58. The van der Waals surface area contributed by atoms with Gasteiger partial charge in [0.05, 0.1) is 6.04 Å². The number of nitrogens with zero attached hydrogens (tertiary/aromatic N) is 4. The Morgan fingerprint density at radius 3 is 2.71 bits per heavy atom. The number of fused-ring (bicyclic) bond motifs is 1. The maximum Gasteiger partial charge on any atom is 0.192 e. The minimum Gasteiger partial charge on any atom is -0.357 e. The molecule has 2 heterocycles. The van der Waals surface area contributed by atoms with Crippen molar-refractivity contribution in [3.63, 3.8) is 0 Å². The van der Waals surface area contributed by atoms with Gasteiger partial charge in [0.1, 0.15) is 6.54 Å². The van der Waals surface area contributed by atoms with E-state index in [1.165, 1.54) is 5.56 Å². The van der Waals surface area contributed by atoms with Gasteiger partial charge in [-0.2, -0.15) is 0 Å². The zero-order valence-electron chi connectivity index (χ0n) is 14.0. The van der Waals surface area contributed by atoms with Crippen molar-refractivity contribution in [3.05, 3.63) is 66.1 Å². The van der Waals surface area contributed by atoms with Crippen LogP contribution in [-0.4, -0.2) is 27.1 Å². The van der Waals surface area contributed by atoms with Gasteiger partial charge in [0.15, 0.2) is 17.4 Å². The lowest BCUT2D eigenvalue weighted by atomic mass is 10.1. The Morgan fingerprint density at radius 2 is 1.92 bits per heavy atom. The predicted octanol–water partition coefficient (Wildman–Crippen LogP) is 2.55. The van der Waals surface area contributed by atoms with Crippen LogP contribution in [0, 0.1) is 0 Å². The SMILES string of the molecule is CCNC(=NCc1nnc2ccccn12)NC(C)c1ccccc1. The Balaban J connectivity index is 1.74. The second kappa shape index (κ2) is 7.59. The molecule has 1 unspecified atom stereocenters. The fourth-order valence-corrected chi connectivity index (χ4v) is 2.50. The van der Waals surface area contributed by atoms with Crippen LogP contribution in [0.25, 0.3) is 5.65 Å². The molecule has 0 saturated carbocycles. The molecule has 1 atom stereocenters. The van der Waals surface area contributed by atoms with Crippen molar-refractivity contribution in [2.45, 2.75) is 26.4 Å². The van der Waals surface area contributed by atoms with E-state index in [0.29, 0.717) is 6.54 Å². The molecule has 2 N–H and O–H groups in total. The van der Waals surface area contributed by atoms with Gasteiger partial charge in [-0.1, -0.05) is 36.4 Å². The first kappa shape index (κ1) is 16.0. The van der Waals surface area contributed by atoms with E-state index < -0.39 is 0 Å². The highest BCUT2D eigenvalue weighted by Crippen LogP contribution is 2.11. The Hall–Kier alpha value is -2.89. The van der Waals surface area contributed by atoms with E-state index in [2.05, 4.69) is 51.8 Å². The number of rotatable bonds is 5. The minimum absolute atomic E-state index is 0.166. The minimum atomic E-state index is 0.166. The number of benzene rings is 1. The molecule has 0 fully saturated rings. The molecule has 3 rings (SSSR count). The van der Waals surface area contributed by atoms with Gasteiger partial charge in [0, 0.05) is 12.7 Å². The number of aromatic nitrogens is 3. The molecule has 24 heavy (non-hydrogen) atoms. The summed E-state index contributed by atoms with van der Waals surface area (Å²) in [6, 6.07) is 16.3. The van der Waals surface area contributed by atoms with E-state index in [9.17, 15) is 0 Å².